The number of nitrogens with two attached hydrogens (primary N) is 2. The lowest BCUT2D eigenvalue weighted by molar-refractivity contribution is 0.100. The van der Waals surface area contributed by atoms with E-state index in [1.807, 2.05) is 19.9 Å². The van der Waals surface area contributed by atoms with Crippen LogP contribution >= 0.6 is 11.3 Å². The van der Waals surface area contributed by atoms with E-state index in [1.165, 1.54) is 11.3 Å². The van der Waals surface area contributed by atoms with E-state index in [4.69, 9.17) is 16.2 Å². The number of hydrogen-bond acceptors (Lipinski definition) is 7. The molecule has 8 heteroatoms. The van der Waals surface area contributed by atoms with Crippen molar-refractivity contribution >= 4 is 39.0 Å². The fourth-order valence-electron chi connectivity index (χ4n) is 2.86. The summed E-state index contributed by atoms with van der Waals surface area (Å²) < 4.78 is 5.91. The fourth-order valence-corrected chi connectivity index (χ4v) is 3.82. The van der Waals surface area contributed by atoms with Crippen LogP contribution in [0.15, 0.2) is 6.07 Å². The van der Waals surface area contributed by atoms with Gasteiger partial charge in [-0.05, 0) is 26.7 Å². The van der Waals surface area contributed by atoms with Gasteiger partial charge in [-0.3, -0.25) is 4.79 Å². The molecule has 1 fully saturated rings. The fraction of sp³-hybridized carbons (Fsp3) is 0.500. The molecule has 3 heterocycles. The van der Waals surface area contributed by atoms with Crippen molar-refractivity contribution in [1.29, 1.82) is 0 Å². The number of carbonyl (C=O) groups is 1. The Kier molecular flexibility index (Phi) is 4.51. The molecule has 0 unspecified atom stereocenters. The second kappa shape index (κ2) is 6.45. The highest BCUT2D eigenvalue weighted by atomic mass is 32.1. The number of ether oxygens (including phenoxy) is 1. The van der Waals surface area contributed by atoms with Crippen LogP contribution in [0, 0.1) is 0 Å². The van der Waals surface area contributed by atoms with Gasteiger partial charge in [0, 0.05) is 19.2 Å². The normalized spacial score (nSPS) is 16.1. The molecular weight excluding hydrogens is 328 g/mol. The van der Waals surface area contributed by atoms with Crippen molar-refractivity contribution in [3.05, 3.63) is 10.9 Å². The van der Waals surface area contributed by atoms with Gasteiger partial charge in [0.2, 0.25) is 0 Å². The van der Waals surface area contributed by atoms with Crippen molar-refractivity contribution in [2.24, 2.45) is 5.73 Å². The number of aliphatic hydroxyl groups is 1. The number of anilines is 2. The first-order valence-corrected chi connectivity index (χ1v) is 8.81. The Morgan fingerprint density at radius 1 is 1.46 bits per heavy atom. The maximum absolute atomic E-state index is 11.6. The van der Waals surface area contributed by atoms with Crippen LogP contribution in [0.4, 0.5) is 11.5 Å². The van der Waals surface area contributed by atoms with Crippen molar-refractivity contribution in [3.8, 4) is 5.75 Å². The molecule has 24 heavy (non-hydrogen) atoms. The van der Waals surface area contributed by atoms with E-state index in [9.17, 15) is 9.90 Å². The third-order valence-corrected chi connectivity index (χ3v) is 5.14. The molecule has 130 valence electrons. The second-order valence-corrected chi connectivity index (χ2v) is 7.25. The molecule has 0 bridgehead atoms. The van der Waals surface area contributed by atoms with Crippen LogP contribution in [0.25, 0.3) is 10.2 Å². The van der Waals surface area contributed by atoms with Crippen LogP contribution in [0.5, 0.6) is 5.75 Å². The summed E-state index contributed by atoms with van der Waals surface area (Å²) >= 11 is 1.19. The number of carbonyl (C=O) groups excluding carboxylic acids is 1. The first kappa shape index (κ1) is 16.8. The first-order valence-electron chi connectivity index (χ1n) is 7.99. The van der Waals surface area contributed by atoms with E-state index in [2.05, 4.69) is 9.88 Å². The number of pyridine rings is 1. The van der Waals surface area contributed by atoms with Crippen molar-refractivity contribution < 1.29 is 14.6 Å². The van der Waals surface area contributed by atoms with Crippen molar-refractivity contribution in [2.75, 3.05) is 23.7 Å². The third-order valence-electron chi connectivity index (χ3n) is 4.02. The van der Waals surface area contributed by atoms with Crippen LogP contribution in [0.1, 0.15) is 36.4 Å². The number of aliphatic hydroxyl groups excluding tert-OH is 1. The van der Waals surface area contributed by atoms with Gasteiger partial charge in [-0.2, -0.15) is 0 Å². The molecule has 0 radical (unpaired) electrons. The summed E-state index contributed by atoms with van der Waals surface area (Å²) in [7, 11) is 0. The van der Waals surface area contributed by atoms with Gasteiger partial charge in [-0.25, -0.2) is 4.98 Å². The number of piperidine rings is 1. The zero-order valence-electron chi connectivity index (χ0n) is 13.8. The lowest BCUT2D eigenvalue weighted by atomic mass is 10.1. The van der Waals surface area contributed by atoms with Crippen LogP contribution in [-0.2, 0) is 0 Å². The van der Waals surface area contributed by atoms with Gasteiger partial charge in [0.05, 0.1) is 23.3 Å². The summed E-state index contributed by atoms with van der Waals surface area (Å²) in [5, 5.41) is 10.3. The van der Waals surface area contributed by atoms with Gasteiger partial charge in [-0.15, -0.1) is 11.3 Å². The topological polar surface area (TPSA) is 115 Å². The van der Waals surface area contributed by atoms with Crippen LogP contribution in [0.3, 0.4) is 0 Å². The molecule has 1 aliphatic rings. The van der Waals surface area contributed by atoms with Gasteiger partial charge in [0.1, 0.15) is 21.3 Å². The molecule has 1 saturated heterocycles. The second-order valence-electron chi connectivity index (χ2n) is 6.25. The summed E-state index contributed by atoms with van der Waals surface area (Å²) in [5.41, 5.74) is 11.8. The quantitative estimate of drug-likeness (QED) is 0.773. The summed E-state index contributed by atoms with van der Waals surface area (Å²) in [6.07, 6.45) is 1.12. The molecule has 2 aromatic heterocycles. The molecule has 0 aliphatic carbocycles. The Hall–Kier alpha value is -2.06. The maximum atomic E-state index is 11.6. The van der Waals surface area contributed by atoms with E-state index >= 15 is 0 Å². The Balaban J connectivity index is 2.10. The predicted octanol–water partition coefficient (Wildman–Crippen LogP) is 1.73. The molecule has 0 saturated carbocycles. The number of thiophene rings is 1. The Labute approximate surface area is 144 Å². The van der Waals surface area contributed by atoms with E-state index in [0.717, 1.165) is 18.9 Å². The van der Waals surface area contributed by atoms with Gasteiger partial charge in [0.15, 0.2) is 0 Å². The molecule has 1 aliphatic heterocycles. The van der Waals surface area contributed by atoms with Gasteiger partial charge >= 0.3 is 0 Å². The predicted molar refractivity (Wildman–Crippen MR) is 95.8 cm³/mol. The Morgan fingerprint density at radius 3 is 2.71 bits per heavy atom. The number of rotatable bonds is 4. The highest BCUT2D eigenvalue weighted by Crippen LogP contribution is 2.41. The highest BCUT2D eigenvalue weighted by Gasteiger charge is 2.24. The van der Waals surface area contributed by atoms with E-state index < -0.39 is 5.91 Å². The molecule has 2 aromatic rings. The summed E-state index contributed by atoms with van der Waals surface area (Å²) in [6, 6.07) is 1.86. The minimum absolute atomic E-state index is 0.0389. The summed E-state index contributed by atoms with van der Waals surface area (Å²) in [5.74, 6) is 0.813. The van der Waals surface area contributed by atoms with Crippen molar-refractivity contribution in [2.45, 2.75) is 38.9 Å². The Bertz CT molecular complexity index is 766. The number of fused-ring (bicyclic) bond motifs is 1. The van der Waals surface area contributed by atoms with Gasteiger partial charge < -0.3 is 26.2 Å². The monoisotopic (exact) mass is 350 g/mol. The van der Waals surface area contributed by atoms with E-state index in [0.29, 0.717) is 39.4 Å². The van der Waals surface area contributed by atoms with Crippen molar-refractivity contribution in [3.63, 3.8) is 0 Å². The average Bonchev–Trinajstić information content (AvgIpc) is 2.85. The third kappa shape index (κ3) is 3.11. The summed E-state index contributed by atoms with van der Waals surface area (Å²) in [4.78, 5) is 19.3. The lowest BCUT2D eigenvalue weighted by Gasteiger charge is -2.30. The van der Waals surface area contributed by atoms with Gasteiger partial charge in [0.25, 0.3) is 5.91 Å². The molecule has 0 atom stereocenters. The van der Waals surface area contributed by atoms with Crippen LogP contribution in [-0.4, -0.2) is 41.3 Å². The molecule has 3 rings (SSSR count). The Morgan fingerprint density at radius 2 is 2.12 bits per heavy atom. The number of primary amides is 1. The number of aromatic nitrogens is 1. The minimum atomic E-state index is -0.561. The number of nitrogen functional groups attached to an aromatic ring is 1. The maximum Gasteiger partial charge on any atom is 0.260 e. The minimum Gasteiger partial charge on any atom is -0.490 e. The standard InChI is InChI=1S/C16H22N4O3S/c1-8(2)23-10-7-11(20-5-3-9(21)4-6-20)19-16-12(10)13(17)14(24-16)15(18)22/h7-9,21H,3-6,17H2,1-2H3,(H2,18,22). The van der Waals surface area contributed by atoms with Gasteiger partial charge in [-0.1, -0.05) is 0 Å². The zero-order valence-corrected chi connectivity index (χ0v) is 14.6. The number of amides is 1. The SMILES string of the molecule is CC(C)Oc1cc(N2CCC(O)CC2)nc2sc(C(N)=O)c(N)c12. The number of nitrogens with zero attached hydrogens (tertiary/aromatic N) is 2. The number of hydrogen-bond donors (Lipinski definition) is 3. The molecule has 0 spiro atoms. The molecule has 0 aromatic carbocycles. The molecular formula is C16H22N4O3S. The van der Waals surface area contributed by atoms with Crippen LogP contribution in [0.2, 0.25) is 0 Å². The zero-order chi connectivity index (χ0) is 17.4. The highest BCUT2D eigenvalue weighted by molar-refractivity contribution is 7.21. The molecule has 1 amide bonds. The summed E-state index contributed by atoms with van der Waals surface area (Å²) in [6.45, 7) is 5.32. The van der Waals surface area contributed by atoms with E-state index in [-0.39, 0.29) is 12.2 Å². The van der Waals surface area contributed by atoms with Crippen LogP contribution < -0.4 is 21.1 Å². The molecule has 5 N–H and O–H groups in total. The lowest BCUT2D eigenvalue weighted by Crippen LogP contribution is -2.36. The average molecular weight is 350 g/mol. The smallest absolute Gasteiger partial charge is 0.260 e. The largest absolute Gasteiger partial charge is 0.490 e. The van der Waals surface area contributed by atoms with E-state index in [1.54, 1.807) is 0 Å². The first-order chi connectivity index (χ1) is 11.4. The van der Waals surface area contributed by atoms with Crippen molar-refractivity contribution in [1.82, 2.24) is 4.98 Å². The molecule has 7 nitrogen and oxygen atoms in total.